The highest BCUT2D eigenvalue weighted by Crippen LogP contribution is 2.65. The van der Waals surface area contributed by atoms with Crippen molar-refractivity contribution in [1.29, 1.82) is 0 Å². The van der Waals surface area contributed by atoms with Gasteiger partial charge in [-0.3, -0.25) is 9.59 Å². The summed E-state index contributed by atoms with van der Waals surface area (Å²) in [6.45, 7) is 13.5. The van der Waals surface area contributed by atoms with Gasteiger partial charge in [0.05, 0.1) is 17.6 Å². The van der Waals surface area contributed by atoms with Gasteiger partial charge in [0.1, 0.15) is 5.78 Å². The molecule has 0 aromatic heterocycles. The number of nitrogens with zero attached hydrogens (tertiary/aromatic N) is 2. The van der Waals surface area contributed by atoms with Crippen molar-refractivity contribution in [3.63, 3.8) is 0 Å². The number of hydrogen-bond donors (Lipinski definition) is 3. The zero-order valence-electron chi connectivity index (χ0n) is 28.8. The van der Waals surface area contributed by atoms with Gasteiger partial charge in [0, 0.05) is 25.3 Å². The van der Waals surface area contributed by atoms with E-state index in [0.29, 0.717) is 43.4 Å². The number of ketones is 1. The largest absolute Gasteiger partial charge is 0.481 e. The summed E-state index contributed by atoms with van der Waals surface area (Å²) < 4.78 is 13.3. The first-order valence-corrected chi connectivity index (χ1v) is 17.6. The highest BCUT2D eigenvalue weighted by molar-refractivity contribution is 6.47. The first-order valence-electron chi connectivity index (χ1n) is 17.6. The molecule has 0 spiro atoms. The predicted octanol–water partition coefficient (Wildman–Crippen LogP) is 5.77. The Morgan fingerprint density at radius 3 is 2.36 bits per heavy atom. The minimum Gasteiger partial charge on any atom is -0.404 e. The molecule has 4 fully saturated rings. The molecule has 45 heavy (non-hydrogen) atoms. The number of rotatable bonds is 21. The number of unbranched alkanes of at least 4 members (excludes halogenated alkanes) is 7. The van der Waals surface area contributed by atoms with Crippen LogP contribution >= 0.6 is 0 Å². The van der Waals surface area contributed by atoms with E-state index in [2.05, 4.69) is 51.9 Å². The van der Waals surface area contributed by atoms with Crippen LogP contribution in [0.15, 0.2) is 4.99 Å². The monoisotopic (exact) mass is 633 g/mol. The SMILES string of the molecule is CCCCCCCCCCC(=O)C[C@@H](CCCN=C(N)N[N+](=O)[O-])C(=O)N[C@@H](CC(C)C)B1O[C@@H]2C[C@H]3C[C@H](C3(C)C)[C@]2(C)O1. The first kappa shape index (κ1) is 37.3. The number of aliphatic imine (C=N–C) groups is 1. The second-order valence-corrected chi connectivity index (χ2v) is 15.0. The zero-order chi connectivity index (χ0) is 33.2. The van der Waals surface area contributed by atoms with Crippen molar-refractivity contribution >= 4 is 24.8 Å². The van der Waals surface area contributed by atoms with Gasteiger partial charge in [-0.1, -0.05) is 85.0 Å². The molecule has 4 rings (SSSR count). The van der Waals surface area contributed by atoms with Crippen LogP contribution in [0.5, 0.6) is 0 Å². The number of hydrogen-bond acceptors (Lipinski definition) is 7. The maximum absolute atomic E-state index is 13.8. The number of carbonyl (C=O) groups excluding carboxylic acids is 2. The molecule has 0 radical (unpaired) electrons. The molecule has 1 saturated heterocycles. The van der Waals surface area contributed by atoms with Crippen molar-refractivity contribution in [2.75, 3.05) is 6.54 Å². The molecular formula is C33H60BN5O6. The molecule has 4 N–H and O–H groups in total. The molecule has 3 aliphatic carbocycles. The summed E-state index contributed by atoms with van der Waals surface area (Å²) in [4.78, 5) is 41.5. The molecule has 11 nitrogen and oxygen atoms in total. The molecule has 1 aliphatic heterocycles. The topological polar surface area (TPSA) is 158 Å². The Bertz CT molecular complexity index is 1030. The van der Waals surface area contributed by atoms with Crippen molar-refractivity contribution in [2.24, 2.45) is 39.8 Å². The van der Waals surface area contributed by atoms with E-state index in [0.717, 1.165) is 32.1 Å². The standard InChI is InChI=1S/C33H60BN5O6/c1-7-8-9-10-11-12-13-14-17-26(40)20-24(16-15-18-36-31(35)38-39(42)43)30(41)37-29(19-23(2)3)34-44-28-22-25-21-27(32(25,4)5)33(28,6)45-34/h23-25,27-29H,7-22H2,1-6H3,(H,37,41)(H3,35,36,38)/t24-,25-,27-,28-,29+,33+/m1/s1. The number of carbonyl (C=O) groups is 2. The molecule has 4 aliphatic rings. The van der Waals surface area contributed by atoms with Crippen molar-refractivity contribution < 1.29 is 23.9 Å². The van der Waals surface area contributed by atoms with Gasteiger partial charge in [0.2, 0.25) is 5.91 Å². The van der Waals surface area contributed by atoms with E-state index in [9.17, 15) is 19.7 Å². The van der Waals surface area contributed by atoms with Crippen LogP contribution in [0.3, 0.4) is 0 Å². The molecule has 1 heterocycles. The summed E-state index contributed by atoms with van der Waals surface area (Å²) in [7, 11) is -0.534. The number of nitrogens with one attached hydrogen (secondary N) is 2. The van der Waals surface area contributed by atoms with E-state index in [1.54, 1.807) is 0 Å². The summed E-state index contributed by atoms with van der Waals surface area (Å²) in [5.41, 5.74) is 7.24. The fourth-order valence-electron chi connectivity index (χ4n) is 7.94. The maximum atomic E-state index is 13.8. The van der Waals surface area contributed by atoms with E-state index in [4.69, 9.17) is 15.0 Å². The normalized spacial score (nSPS) is 26.6. The highest BCUT2D eigenvalue weighted by atomic mass is 16.7. The summed E-state index contributed by atoms with van der Waals surface area (Å²) >= 11 is 0. The third-order valence-corrected chi connectivity index (χ3v) is 10.7. The Labute approximate surface area is 271 Å². The van der Waals surface area contributed by atoms with Crippen LogP contribution in [-0.4, -0.2) is 54.0 Å². The number of nitrogens with two attached hydrogens (primary N) is 1. The summed E-state index contributed by atoms with van der Waals surface area (Å²) in [5, 5.41) is 13.1. The average molecular weight is 634 g/mol. The van der Waals surface area contributed by atoms with Crippen LogP contribution < -0.4 is 16.5 Å². The number of nitro groups is 1. The van der Waals surface area contributed by atoms with Crippen LogP contribution in [0, 0.1) is 39.2 Å². The lowest BCUT2D eigenvalue weighted by molar-refractivity contribution is -0.525. The Kier molecular flexibility index (Phi) is 14.1. The second kappa shape index (κ2) is 17.1. The number of Topliss-reactive ketones (excluding diaryl/α,β-unsaturated/α-hetero) is 1. The number of guanidine groups is 1. The van der Waals surface area contributed by atoms with Gasteiger partial charge >= 0.3 is 7.12 Å². The van der Waals surface area contributed by atoms with Gasteiger partial charge in [0.15, 0.2) is 5.03 Å². The Hall–Kier alpha value is -2.21. The van der Waals surface area contributed by atoms with E-state index in [1.807, 2.05) is 5.43 Å². The predicted molar refractivity (Wildman–Crippen MR) is 178 cm³/mol. The lowest BCUT2D eigenvalue weighted by atomic mass is 9.43. The fourth-order valence-corrected chi connectivity index (χ4v) is 7.94. The van der Waals surface area contributed by atoms with Crippen molar-refractivity contribution in [3.8, 4) is 0 Å². The lowest BCUT2D eigenvalue weighted by Crippen LogP contribution is -2.65. The number of amides is 1. The minimum atomic E-state index is -0.762. The molecule has 256 valence electrons. The molecule has 12 heteroatoms. The molecule has 2 bridgehead atoms. The van der Waals surface area contributed by atoms with Crippen molar-refractivity contribution in [2.45, 2.75) is 156 Å². The Morgan fingerprint density at radius 2 is 1.73 bits per heavy atom. The van der Waals surface area contributed by atoms with E-state index >= 15 is 0 Å². The summed E-state index contributed by atoms with van der Waals surface area (Å²) in [6.07, 6.45) is 13.6. The smallest absolute Gasteiger partial charge is 0.404 e. The fraction of sp³-hybridized carbons (Fsp3) is 0.909. The third-order valence-electron chi connectivity index (χ3n) is 10.7. The Morgan fingerprint density at radius 1 is 1.07 bits per heavy atom. The maximum Gasteiger partial charge on any atom is 0.481 e. The van der Waals surface area contributed by atoms with Crippen LogP contribution in [0.25, 0.3) is 0 Å². The molecule has 1 amide bonds. The van der Waals surface area contributed by atoms with Crippen LogP contribution in [0.4, 0.5) is 0 Å². The first-order chi connectivity index (χ1) is 21.3. The molecule has 0 unspecified atom stereocenters. The van der Waals surface area contributed by atoms with Crippen molar-refractivity contribution in [3.05, 3.63) is 10.1 Å². The van der Waals surface area contributed by atoms with Gasteiger partial charge in [-0.25, -0.2) is 15.1 Å². The molecule has 0 aromatic carbocycles. The number of hydrazine groups is 1. The summed E-state index contributed by atoms with van der Waals surface area (Å²) in [6, 6.07) is 0. The summed E-state index contributed by atoms with van der Waals surface area (Å²) in [5.74, 6) is 0.126. The molecule has 6 atom stereocenters. The Balaban J connectivity index is 1.61. The van der Waals surface area contributed by atoms with Gasteiger partial charge in [-0.2, -0.15) is 0 Å². The molecular weight excluding hydrogens is 573 g/mol. The highest BCUT2D eigenvalue weighted by Gasteiger charge is 2.68. The average Bonchev–Trinajstić information content (AvgIpc) is 3.32. The zero-order valence-corrected chi connectivity index (χ0v) is 28.8. The van der Waals surface area contributed by atoms with Crippen LogP contribution in [-0.2, 0) is 18.9 Å². The van der Waals surface area contributed by atoms with Gasteiger partial charge in [0.25, 0.3) is 5.96 Å². The van der Waals surface area contributed by atoms with E-state index < -0.39 is 18.1 Å². The van der Waals surface area contributed by atoms with Gasteiger partial charge in [-0.15, -0.1) is 0 Å². The van der Waals surface area contributed by atoms with Crippen LogP contribution in [0.1, 0.15) is 138 Å². The van der Waals surface area contributed by atoms with E-state index in [-0.39, 0.29) is 53.7 Å². The van der Waals surface area contributed by atoms with E-state index in [1.165, 1.54) is 32.1 Å². The quantitative estimate of drug-likeness (QED) is 0.0359. The molecule has 3 saturated carbocycles. The lowest BCUT2D eigenvalue weighted by Gasteiger charge is -2.64. The van der Waals surface area contributed by atoms with Gasteiger partial charge in [-0.05, 0) is 68.6 Å². The van der Waals surface area contributed by atoms with Crippen molar-refractivity contribution in [1.82, 2.24) is 10.7 Å². The minimum absolute atomic E-state index is 0.0194. The second-order valence-electron chi connectivity index (χ2n) is 15.0. The molecule has 0 aromatic rings. The van der Waals surface area contributed by atoms with Gasteiger partial charge < -0.3 is 20.4 Å². The third kappa shape index (κ3) is 10.4. The van der Waals surface area contributed by atoms with Crippen LogP contribution in [0.2, 0.25) is 0 Å².